The summed E-state index contributed by atoms with van der Waals surface area (Å²) in [5.41, 5.74) is 0.594. The first-order valence-corrected chi connectivity index (χ1v) is 13.2. The van der Waals surface area contributed by atoms with Gasteiger partial charge in [0, 0.05) is 12.5 Å². The Bertz CT molecular complexity index is 665. The normalized spacial score (nSPS) is 47.9. The Balaban J connectivity index is 1.47. The van der Waals surface area contributed by atoms with Crippen molar-refractivity contribution < 1.29 is 15.0 Å². The summed E-state index contributed by atoms with van der Waals surface area (Å²) in [6.45, 7) is 11.4. The lowest BCUT2D eigenvalue weighted by Crippen LogP contribution is -2.58. The van der Waals surface area contributed by atoms with Crippen LogP contribution in [0.25, 0.3) is 0 Å². The van der Waals surface area contributed by atoms with Gasteiger partial charge in [0.15, 0.2) is 0 Å². The first-order valence-electron chi connectivity index (χ1n) is 13.2. The minimum atomic E-state index is -0.205. The molecular formula is C27H47NO3. The number of aliphatic hydroxyl groups excluding tert-OH is 2. The highest BCUT2D eigenvalue weighted by Gasteiger charge is 2.62. The van der Waals surface area contributed by atoms with Crippen LogP contribution in [0.2, 0.25) is 0 Å². The van der Waals surface area contributed by atoms with Crippen LogP contribution in [0.15, 0.2) is 0 Å². The minimum Gasteiger partial charge on any atom is -0.393 e. The molecule has 3 N–H and O–H groups in total. The number of aliphatic hydroxyl groups is 2. The van der Waals surface area contributed by atoms with E-state index in [-0.39, 0.29) is 24.2 Å². The fraction of sp³-hybridized carbons (Fsp3) is 0.963. The lowest BCUT2D eigenvalue weighted by atomic mass is 9.43. The van der Waals surface area contributed by atoms with E-state index in [1.165, 1.54) is 25.7 Å². The third-order valence-electron chi connectivity index (χ3n) is 10.7. The van der Waals surface area contributed by atoms with Crippen molar-refractivity contribution in [2.45, 2.75) is 117 Å². The molecule has 178 valence electrons. The molecule has 0 saturated heterocycles. The van der Waals surface area contributed by atoms with Gasteiger partial charge in [0.05, 0.1) is 12.2 Å². The molecule has 10 unspecified atom stereocenters. The van der Waals surface area contributed by atoms with Crippen molar-refractivity contribution in [1.29, 1.82) is 0 Å². The second-order valence-corrected chi connectivity index (χ2v) is 12.7. The Labute approximate surface area is 190 Å². The highest BCUT2D eigenvalue weighted by Crippen LogP contribution is 2.68. The molecule has 0 spiro atoms. The number of carbonyl (C=O) groups is 1. The van der Waals surface area contributed by atoms with E-state index >= 15 is 0 Å². The minimum absolute atomic E-state index is 0.166. The van der Waals surface area contributed by atoms with Crippen molar-refractivity contribution in [2.75, 3.05) is 0 Å². The van der Waals surface area contributed by atoms with Gasteiger partial charge in [-0.25, -0.2) is 0 Å². The van der Waals surface area contributed by atoms with Crippen LogP contribution in [0.3, 0.4) is 0 Å². The maximum atomic E-state index is 12.2. The fourth-order valence-electron chi connectivity index (χ4n) is 9.13. The van der Waals surface area contributed by atoms with E-state index in [0.717, 1.165) is 32.1 Å². The summed E-state index contributed by atoms with van der Waals surface area (Å²) >= 11 is 0. The molecule has 10 atom stereocenters. The van der Waals surface area contributed by atoms with E-state index < -0.39 is 0 Å². The quantitative estimate of drug-likeness (QED) is 0.576. The lowest BCUT2D eigenvalue weighted by Gasteiger charge is -2.62. The van der Waals surface area contributed by atoms with Crippen molar-refractivity contribution in [3.63, 3.8) is 0 Å². The number of fused-ring (bicyclic) bond motifs is 5. The third kappa shape index (κ3) is 4.09. The van der Waals surface area contributed by atoms with Gasteiger partial charge in [-0.1, -0.05) is 20.8 Å². The molecule has 4 rings (SSSR count). The van der Waals surface area contributed by atoms with Crippen LogP contribution in [0.1, 0.15) is 98.8 Å². The molecule has 1 amide bonds. The smallest absolute Gasteiger partial charge is 0.220 e. The average molecular weight is 434 g/mol. The van der Waals surface area contributed by atoms with Gasteiger partial charge < -0.3 is 15.5 Å². The number of amides is 1. The van der Waals surface area contributed by atoms with Gasteiger partial charge in [-0.05, 0) is 118 Å². The monoisotopic (exact) mass is 433 g/mol. The van der Waals surface area contributed by atoms with Crippen molar-refractivity contribution in [2.24, 2.45) is 46.3 Å². The molecule has 4 heteroatoms. The maximum Gasteiger partial charge on any atom is 0.220 e. The largest absolute Gasteiger partial charge is 0.393 e. The Morgan fingerprint density at radius 3 is 2.35 bits per heavy atom. The molecule has 0 heterocycles. The molecular weight excluding hydrogens is 386 g/mol. The Morgan fingerprint density at radius 2 is 1.65 bits per heavy atom. The van der Waals surface area contributed by atoms with E-state index in [4.69, 9.17) is 0 Å². The lowest BCUT2D eigenvalue weighted by molar-refractivity contribution is -0.174. The summed E-state index contributed by atoms with van der Waals surface area (Å²) < 4.78 is 0. The van der Waals surface area contributed by atoms with E-state index in [1.54, 1.807) is 0 Å². The maximum absolute atomic E-state index is 12.2. The summed E-state index contributed by atoms with van der Waals surface area (Å²) in [4.78, 5) is 12.2. The van der Waals surface area contributed by atoms with Crippen molar-refractivity contribution in [3.05, 3.63) is 0 Å². The average Bonchev–Trinajstić information content (AvgIpc) is 3.04. The zero-order chi connectivity index (χ0) is 22.6. The van der Waals surface area contributed by atoms with Crippen LogP contribution in [0.5, 0.6) is 0 Å². The number of carbonyl (C=O) groups excluding carboxylic acids is 1. The highest BCUT2D eigenvalue weighted by atomic mass is 16.3. The zero-order valence-electron chi connectivity index (χ0n) is 20.6. The van der Waals surface area contributed by atoms with E-state index in [9.17, 15) is 15.0 Å². The summed E-state index contributed by atoms with van der Waals surface area (Å²) in [6, 6.07) is 0.213. The summed E-state index contributed by atoms with van der Waals surface area (Å²) in [6.07, 6.45) is 10.1. The highest BCUT2D eigenvalue weighted by molar-refractivity contribution is 5.76. The Kier molecular flexibility index (Phi) is 6.55. The molecule has 4 aliphatic carbocycles. The Morgan fingerprint density at radius 1 is 0.968 bits per heavy atom. The third-order valence-corrected chi connectivity index (χ3v) is 10.7. The SMILES string of the molecule is CC(C)NC(=O)CCC(C)C1CCC2C3C(O)CC4CC(O)CCC4(C)C3CCC12C. The van der Waals surface area contributed by atoms with E-state index in [2.05, 4.69) is 26.1 Å². The first kappa shape index (κ1) is 23.5. The van der Waals surface area contributed by atoms with Gasteiger partial charge in [-0.3, -0.25) is 4.79 Å². The summed E-state index contributed by atoms with van der Waals surface area (Å²) in [7, 11) is 0. The predicted octanol–water partition coefficient (Wildman–Crippen LogP) is 4.92. The molecule has 0 aromatic heterocycles. The predicted molar refractivity (Wildman–Crippen MR) is 124 cm³/mol. The number of hydrogen-bond donors (Lipinski definition) is 3. The molecule has 4 nitrogen and oxygen atoms in total. The van der Waals surface area contributed by atoms with Crippen LogP contribution >= 0.6 is 0 Å². The number of hydrogen-bond acceptors (Lipinski definition) is 3. The molecule has 0 radical (unpaired) electrons. The van der Waals surface area contributed by atoms with Crippen LogP contribution < -0.4 is 5.32 Å². The summed E-state index contributed by atoms with van der Waals surface area (Å²) in [5.74, 6) is 3.53. The van der Waals surface area contributed by atoms with Gasteiger partial charge in [0.1, 0.15) is 0 Å². The Hall–Kier alpha value is -0.610. The zero-order valence-corrected chi connectivity index (χ0v) is 20.6. The first-order chi connectivity index (χ1) is 14.6. The number of rotatable bonds is 5. The standard InChI is InChI=1S/C27H47NO3/c1-16(2)28-24(31)9-6-17(3)20-7-8-21-25-22(11-13-27(20,21)5)26(4)12-10-19(29)14-18(26)15-23(25)30/h16-23,25,29-30H,6-15H2,1-5H3,(H,28,31). The second-order valence-electron chi connectivity index (χ2n) is 12.7. The summed E-state index contributed by atoms with van der Waals surface area (Å²) in [5, 5.41) is 24.7. The molecule has 4 fully saturated rings. The molecule has 0 bridgehead atoms. The molecule has 0 aromatic rings. The molecule has 0 aromatic carbocycles. The van der Waals surface area contributed by atoms with Crippen LogP contribution in [-0.4, -0.2) is 34.4 Å². The van der Waals surface area contributed by atoms with Gasteiger partial charge >= 0.3 is 0 Å². The van der Waals surface area contributed by atoms with Crippen LogP contribution in [0, 0.1) is 46.3 Å². The number of nitrogens with one attached hydrogen (secondary N) is 1. The molecule has 31 heavy (non-hydrogen) atoms. The van der Waals surface area contributed by atoms with Crippen molar-refractivity contribution >= 4 is 5.91 Å². The van der Waals surface area contributed by atoms with Crippen molar-refractivity contribution in [3.8, 4) is 0 Å². The van der Waals surface area contributed by atoms with Crippen LogP contribution in [0.4, 0.5) is 0 Å². The van der Waals surface area contributed by atoms with E-state index in [1.807, 2.05) is 13.8 Å². The fourth-order valence-corrected chi connectivity index (χ4v) is 9.13. The molecule has 4 saturated carbocycles. The molecule has 0 aliphatic heterocycles. The van der Waals surface area contributed by atoms with Crippen LogP contribution in [-0.2, 0) is 4.79 Å². The van der Waals surface area contributed by atoms with Gasteiger partial charge in [-0.15, -0.1) is 0 Å². The van der Waals surface area contributed by atoms with Gasteiger partial charge in [-0.2, -0.15) is 0 Å². The topological polar surface area (TPSA) is 69.6 Å². The van der Waals surface area contributed by atoms with E-state index in [0.29, 0.717) is 52.8 Å². The molecule has 4 aliphatic rings. The van der Waals surface area contributed by atoms with Gasteiger partial charge in [0.2, 0.25) is 5.91 Å². The second kappa shape index (κ2) is 8.63. The van der Waals surface area contributed by atoms with Gasteiger partial charge in [0.25, 0.3) is 0 Å². The van der Waals surface area contributed by atoms with Crippen molar-refractivity contribution in [1.82, 2.24) is 5.32 Å².